The lowest BCUT2D eigenvalue weighted by Crippen LogP contribution is -2.39. The molecule has 3 aromatic rings. The van der Waals surface area contributed by atoms with Crippen LogP contribution < -0.4 is 10.6 Å². The first-order valence-electron chi connectivity index (χ1n) is 10.4. The predicted octanol–water partition coefficient (Wildman–Crippen LogP) is 5.00. The van der Waals surface area contributed by atoms with Crippen molar-refractivity contribution in [2.45, 2.75) is 26.8 Å². The van der Waals surface area contributed by atoms with Crippen molar-refractivity contribution in [1.29, 1.82) is 0 Å². The van der Waals surface area contributed by atoms with E-state index in [9.17, 15) is 14.0 Å². The van der Waals surface area contributed by atoms with Crippen LogP contribution in [-0.2, 0) is 9.59 Å². The molecule has 3 aromatic carbocycles. The van der Waals surface area contributed by atoms with Crippen molar-refractivity contribution in [2.24, 2.45) is 0 Å². The molecule has 32 heavy (non-hydrogen) atoms. The van der Waals surface area contributed by atoms with E-state index in [1.165, 1.54) is 24.3 Å². The van der Waals surface area contributed by atoms with Gasteiger partial charge in [-0.3, -0.25) is 14.5 Å². The van der Waals surface area contributed by atoms with E-state index in [0.717, 1.165) is 27.9 Å². The van der Waals surface area contributed by atoms with Crippen molar-refractivity contribution in [3.8, 4) is 0 Å². The highest BCUT2D eigenvalue weighted by Gasteiger charge is 2.27. The third-order valence-electron chi connectivity index (χ3n) is 5.25. The summed E-state index contributed by atoms with van der Waals surface area (Å²) in [6.45, 7) is 5.96. The van der Waals surface area contributed by atoms with Crippen molar-refractivity contribution in [1.82, 2.24) is 4.90 Å². The van der Waals surface area contributed by atoms with E-state index in [0.29, 0.717) is 5.69 Å². The second kappa shape index (κ2) is 10.2. The van der Waals surface area contributed by atoms with Crippen molar-refractivity contribution >= 4 is 23.2 Å². The summed E-state index contributed by atoms with van der Waals surface area (Å²) in [6.07, 6.45) is 0. The Hall–Kier alpha value is -3.51. The minimum Gasteiger partial charge on any atom is -0.324 e. The number of hydrogen-bond donors (Lipinski definition) is 2. The fourth-order valence-electron chi connectivity index (χ4n) is 3.86. The molecule has 0 aliphatic rings. The second-order valence-electron chi connectivity index (χ2n) is 8.05. The van der Waals surface area contributed by atoms with Crippen LogP contribution in [0.25, 0.3) is 0 Å². The number of halogens is 1. The van der Waals surface area contributed by atoms with Crippen molar-refractivity contribution in [3.63, 3.8) is 0 Å². The highest BCUT2D eigenvalue weighted by molar-refractivity contribution is 5.97. The van der Waals surface area contributed by atoms with Crippen LogP contribution in [0.4, 0.5) is 15.8 Å². The van der Waals surface area contributed by atoms with Crippen LogP contribution in [0.1, 0.15) is 28.3 Å². The van der Waals surface area contributed by atoms with Gasteiger partial charge in [0.25, 0.3) is 0 Å². The van der Waals surface area contributed by atoms with E-state index in [1.54, 1.807) is 11.9 Å². The van der Waals surface area contributed by atoms with E-state index in [-0.39, 0.29) is 24.2 Å². The highest BCUT2D eigenvalue weighted by Crippen LogP contribution is 2.24. The third kappa shape index (κ3) is 5.80. The van der Waals surface area contributed by atoms with Crippen LogP contribution >= 0.6 is 0 Å². The summed E-state index contributed by atoms with van der Waals surface area (Å²) in [5.74, 6) is -0.892. The molecular formula is C26H28FN3O2. The van der Waals surface area contributed by atoms with E-state index >= 15 is 0 Å². The number of carbonyl (C=O) groups is 2. The molecule has 2 N–H and O–H groups in total. The minimum absolute atomic E-state index is 0.0170. The van der Waals surface area contributed by atoms with Crippen molar-refractivity contribution in [2.75, 3.05) is 24.2 Å². The zero-order chi connectivity index (χ0) is 23.3. The molecule has 5 nitrogen and oxygen atoms in total. The van der Waals surface area contributed by atoms with Gasteiger partial charge in [0.05, 0.1) is 6.54 Å². The highest BCUT2D eigenvalue weighted by atomic mass is 19.1. The number of likely N-dealkylation sites (N-methyl/N-ethyl adjacent to an activating group) is 1. The number of amides is 2. The summed E-state index contributed by atoms with van der Waals surface area (Å²) in [4.78, 5) is 27.7. The maximum absolute atomic E-state index is 13.2. The smallest absolute Gasteiger partial charge is 0.246 e. The number of nitrogens with zero attached hydrogens (tertiary/aromatic N) is 1. The van der Waals surface area contributed by atoms with Crippen molar-refractivity contribution < 1.29 is 14.0 Å². The largest absolute Gasteiger partial charge is 0.324 e. The Morgan fingerprint density at radius 2 is 1.50 bits per heavy atom. The van der Waals surface area contributed by atoms with Crippen LogP contribution in [0.15, 0.2) is 66.7 Å². The van der Waals surface area contributed by atoms with Gasteiger partial charge in [0.2, 0.25) is 11.8 Å². The SMILES string of the molecule is Cc1cc(C)c(NC(=O)CN(C)C(C(=O)Nc2ccc(F)cc2)c2ccccc2)c(C)c1. The first-order valence-corrected chi connectivity index (χ1v) is 10.4. The van der Waals surface area contributed by atoms with Gasteiger partial charge in [-0.25, -0.2) is 4.39 Å². The molecule has 0 spiro atoms. The summed E-state index contributed by atoms with van der Waals surface area (Å²) in [5.41, 5.74) is 5.16. The maximum atomic E-state index is 13.2. The Balaban J connectivity index is 1.78. The molecule has 6 heteroatoms. The lowest BCUT2D eigenvalue weighted by atomic mass is 10.0. The Labute approximate surface area is 188 Å². The molecule has 1 atom stereocenters. The fourth-order valence-corrected chi connectivity index (χ4v) is 3.86. The van der Waals surface area contributed by atoms with E-state index in [2.05, 4.69) is 10.6 Å². The number of rotatable bonds is 7. The first kappa shape index (κ1) is 23.2. The second-order valence-corrected chi connectivity index (χ2v) is 8.05. The van der Waals surface area contributed by atoms with Gasteiger partial charge in [0.15, 0.2) is 0 Å². The van der Waals surface area contributed by atoms with E-state index in [4.69, 9.17) is 0 Å². The zero-order valence-corrected chi connectivity index (χ0v) is 18.8. The van der Waals surface area contributed by atoms with Crippen molar-refractivity contribution in [3.05, 3.63) is 94.8 Å². The molecule has 0 aromatic heterocycles. The van der Waals surface area contributed by atoms with Gasteiger partial charge in [0, 0.05) is 11.4 Å². The number of nitrogens with one attached hydrogen (secondary N) is 2. The van der Waals surface area contributed by atoms with E-state index in [1.807, 2.05) is 63.2 Å². The topological polar surface area (TPSA) is 61.4 Å². The van der Waals surface area contributed by atoms with Gasteiger partial charge in [-0.15, -0.1) is 0 Å². The van der Waals surface area contributed by atoms with Crippen LogP contribution in [0.3, 0.4) is 0 Å². The van der Waals surface area contributed by atoms with Crippen LogP contribution in [0.2, 0.25) is 0 Å². The quantitative estimate of drug-likeness (QED) is 0.551. The molecule has 0 bridgehead atoms. The number of aryl methyl sites for hydroxylation is 3. The Morgan fingerprint density at radius 1 is 0.906 bits per heavy atom. The molecule has 3 rings (SSSR count). The summed E-state index contributed by atoms with van der Waals surface area (Å²) < 4.78 is 13.2. The molecule has 0 radical (unpaired) electrons. The summed E-state index contributed by atoms with van der Waals surface area (Å²) in [6, 6.07) is 18.2. The number of benzene rings is 3. The molecule has 0 heterocycles. The van der Waals surface area contributed by atoms with Crippen LogP contribution in [-0.4, -0.2) is 30.3 Å². The normalized spacial score (nSPS) is 11.8. The standard InChI is InChI=1S/C26H28FN3O2/c1-17-14-18(2)24(19(3)15-17)29-23(31)16-30(4)25(20-8-6-5-7-9-20)26(32)28-22-12-10-21(27)11-13-22/h5-15,25H,16H2,1-4H3,(H,28,32)(H,29,31). The average molecular weight is 434 g/mol. The van der Waals surface area contributed by atoms with Crippen LogP contribution in [0, 0.1) is 26.6 Å². The minimum atomic E-state index is -0.702. The lowest BCUT2D eigenvalue weighted by Gasteiger charge is -2.27. The van der Waals surface area contributed by atoms with E-state index < -0.39 is 6.04 Å². The molecule has 0 aliphatic carbocycles. The maximum Gasteiger partial charge on any atom is 0.246 e. The van der Waals surface area contributed by atoms with Gasteiger partial charge < -0.3 is 10.6 Å². The van der Waals surface area contributed by atoms with Crippen LogP contribution in [0.5, 0.6) is 0 Å². The molecular weight excluding hydrogens is 405 g/mol. The zero-order valence-electron chi connectivity index (χ0n) is 18.8. The summed E-state index contributed by atoms with van der Waals surface area (Å²) >= 11 is 0. The average Bonchev–Trinajstić information content (AvgIpc) is 2.73. The van der Waals surface area contributed by atoms with Gasteiger partial charge in [-0.2, -0.15) is 0 Å². The molecule has 2 amide bonds. The molecule has 166 valence electrons. The lowest BCUT2D eigenvalue weighted by molar-refractivity contribution is -0.123. The summed E-state index contributed by atoms with van der Waals surface area (Å²) in [5, 5.41) is 5.80. The molecule has 0 aliphatic heterocycles. The van der Waals surface area contributed by atoms with Gasteiger partial charge in [0.1, 0.15) is 11.9 Å². The molecule has 0 saturated carbocycles. The Kier molecular flexibility index (Phi) is 7.38. The first-order chi connectivity index (χ1) is 15.2. The monoisotopic (exact) mass is 433 g/mol. The number of anilines is 2. The van der Waals surface area contributed by atoms with Gasteiger partial charge in [-0.1, -0.05) is 48.0 Å². The summed E-state index contributed by atoms with van der Waals surface area (Å²) in [7, 11) is 1.73. The molecule has 0 saturated heterocycles. The Morgan fingerprint density at radius 3 is 2.09 bits per heavy atom. The molecule has 1 unspecified atom stereocenters. The van der Waals surface area contributed by atoms with Gasteiger partial charge in [-0.05, 0) is 68.8 Å². The van der Waals surface area contributed by atoms with Gasteiger partial charge >= 0.3 is 0 Å². The fraction of sp³-hybridized carbons (Fsp3) is 0.231. The Bertz CT molecular complexity index is 1070. The predicted molar refractivity (Wildman–Crippen MR) is 126 cm³/mol. The number of hydrogen-bond acceptors (Lipinski definition) is 3. The third-order valence-corrected chi connectivity index (χ3v) is 5.25. The molecule has 0 fully saturated rings. The number of carbonyl (C=O) groups excluding carboxylic acids is 2.